The second-order valence-corrected chi connectivity index (χ2v) is 6.56. The van der Waals surface area contributed by atoms with Gasteiger partial charge in [0, 0.05) is 11.2 Å². The van der Waals surface area contributed by atoms with Crippen molar-refractivity contribution in [1.82, 2.24) is 9.47 Å². The molecule has 2 fully saturated rings. The van der Waals surface area contributed by atoms with Crippen molar-refractivity contribution in [2.24, 2.45) is 5.92 Å². The number of para-hydroxylation sites is 1. The number of carbonyl (C=O) groups excluding carboxylic acids is 1. The SMILES string of the molecule is Cc1cc2ccccc2n1CC(=O)N1CC(O)(C2CC2)C1. The van der Waals surface area contributed by atoms with Crippen molar-refractivity contribution in [3.8, 4) is 0 Å². The van der Waals surface area contributed by atoms with Crippen molar-refractivity contribution in [2.75, 3.05) is 13.1 Å². The summed E-state index contributed by atoms with van der Waals surface area (Å²) < 4.78 is 2.06. The second-order valence-electron chi connectivity index (χ2n) is 6.56. The lowest BCUT2D eigenvalue weighted by molar-refractivity contribution is -0.159. The molecule has 0 spiro atoms. The maximum absolute atomic E-state index is 12.4. The summed E-state index contributed by atoms with van der Waals surface area (Å²) in [5, 5.41) is 11.5. The Hall–Kier alpha value is -1.81. The largest absolute Gasteiger partial charge is 0.386 e. The van der Waals surface area contributed by atoms with Crippen molar-refractivity contribution in [3.63, 3.8) is 0 Å². The number of β-amino-alcohol motifs (C(OH)–C–C–N with tert-alkyl or cyclic N) is 1. The van der Waals surface area contributed by atoms with Gasteiger partial charge in [0.1, 0.15) is 12.1 Å². The van der Waals surface area contributed by atoms with Crippen LogP contribution in [0, 0.1) is 12.8 Å². The van der Waals surface area contributed by atoms with Crippen molar-refractivity contribution >= 4 is 16.8 Å². The maximum atomic E-state index is 12.4. The van der Waals surface area contributed by atoms with E-state index in [1.807, 2.05) is 25.1 Å². The second kappa shape index (κ2) is 4.34. The molecule has 1 aromatic carbocycles. The molecule has 2 aromatic rings. The summed E-state index contributed by atoms with van der Waals surface area (Å²) in [5.74, 6) is 0.528. The molecule has 1 saturated carbocycles. The van der Waals surface area contributed by atoms with Crippen LogP contribution in [0.25, 0.3) is 10.9 Å². The molecule has 2 aliphatic rings. The number of aliphatic hydroxyl groups is 1. The van der Waals surface area contributed by atoms with Crippen LogP contribution in [0.2, 0.25) is 0 Å². The van der Waals surface area contributed by atoms with Gasteiger partial charge in [0.15, 0.2) is 0 Å². The molecule has 0 radical (unpaired) electrons. The zero-order valence-corrected chi connectivity index (χ0v) is 12.2. The number of hydrogen-bond acceptors (Lipinski definition) is 2. The molecule has 1 amide bonds. The summed E-state index contributed by atoms with van der Waals surface area (Å²) in [7, 11) is 0. The first-order valence-electron chi connectivity index (χ1n) is 7.62. The van der Waals surface area contributed by atoms with Crippen LogP contribution in [0.5, 0.6) is 0 Å². The van der Waals surface area contributed by atoms with Gasteiger partial charge >= 0.3 is 0 Å². The average Bonchev–Trinajstić information content (AvgIpc) is 3.22. The van der Waals surface area contributed by atoms with Crippen LogP contribution < -0.4 is 0 Å². The lowest BCUT2D eigenvalue weighted by Gasteiger charge is -2.47. The first-order valence-corrected chi connectivity index (χ1v) is 7.62. The van der Waals surface area contributed by atoms with Crippen molar-refractivity contribution in [2.45, 2.75) is 31.9 Å². The molecule has 21 heavy (non-hydrogen) atoms. The zero-order chi connectivity index (χ0) is 14.6. The Labute approximate surface area is 124 Å². The molecule has 4 rings (SSSR count). The molecule has 110 valence electrons. The maximum Gasteiger partial charge on any atom is 0.242 e. The monoisotopic (exact) mass is 284 g/mol. The van der Waals surface area contributed by atoms with E-state index in [2.05, 4.69) is 16.7 Å². The summed E-state index contributed by atoms with van der Waals surface area (Å²) in [6.45, 7) is 3.41. The lowest BCUT2D eigenvalue weighted by atomic mass is 9.89. The van der Waals surface area contributed by atoms with Crippen LogP contribution in [0.3, 0.4) is 0 Å². The average molecular weight is 284 g/mol. The Morgan fingerprint density at radius 3 is 2.76 bits per heavy atom. The molecule has 4 nitrogen and oxygen atoms in total. The Bertz CT molecular complexity index is 709. The molecule has 1 aromatic heterocycles. The molecular formula is C17H20N2O2. The van der Waals surface area contributed by atoms with Crippen LogP contribution >= 0.6 is 0 Å². The number of aryl methyl sites for hydroxylation is 1. The number of nitrogens with zero attached hydrogens (tertiary/aromatic N) is 2. The third-order valence-electron chi connectivity index (χ3n) is 4.93. The number of amides is 1. The Morgan fingerprint density at radius 1 is 1.33 bits per heavy atom. The summed E-state index contributed by atoms with van der Waals surface area (Å²) in [5.41, 5.74) is 1.60. The van der Waals surface area contributed by atoms with E-state index < -0.39 is 5.60 Å². The van der Waals surface area contributed by atoms with E-state index in [1.54, 1.807) is 4.90 Å². The zero-order valence-electron chi connectivity index (χ0n) is 12.2. The Kier molecular flexibility index (Phi) is 2.67. The number of fused-ring (bicyclic) bond motifs is 1. The van der Waals surface area contributed by atoms with Gasteiger partial charge in [0.05, 0.1) is 13.1 Å². The molecule has 1 aliphatic carbocycles. The number of likely N-dealkylation sites (tertiary alicyclic amines) is 1. The molecule has 1 aliphatic heterocycles. The third kappa shape index (κ3) is 2.05. The number of carbonyl (C=O) groups is 1. The van der Waals surface area contributed by atoms with Crippen molar-refractivity contribution in [3.05, 3.63) is 36.0 Å². The lowest BCUT2D eigenvalue weighted by Crippen LogP contribution is -2.65. The van der Waals surface area contributed by atoms with E-state index >= 15 is 0 Å². The normalized spacial score (nSPS) is 20.6. The summed E-state index contributed by atoms with van der Waals surface area (Å²) in [6.07, 6.45) is 2.22. The van der Waals surface area contributed by atoms with Crippen molar-refractivity contribution in [1.29, 1.82) is 0 Å². The van der Waals surface area contributed by atoms with Crippen LogP contribution in [0.15, 0.2) is 30.3 Å². The highest BCUT2D eigenvalue weighted by atomic mass is 16.3. The van der Waals surface area contributed by atoms with Gasteiger partial charge in [-0.1, -0.05) is 18.2 Å². The molecule has 1 saturated heterocycles. The van der Waals surface area contributed by atoms with E-state index in [0.717, 1.165) is 24.1 Å². The third-order valence-corrected chi connectivity index (χ3v) is 4.93. The Morgan fingerprint density at radius 2 is 2.05 bits per heavy atom. The van der Waals surface area contributed by atoms with Gasteiger partial charge in [-0.3, -0.25) is 4.79 Å². The van der Waals surface area contributed by atoms with Gasteiger partial charge in [0.2, 0.25) is 5.91 Å². The molecule has 4 heteroatoms. The molecule has 0 atom stereocenters. The van der Waals surface area contributed by atoms with Gasteiger partial charge in [-0.25, -0.2) is 0 Å². The number of aromatic nitrogens is 1. The van der Waals surface area contributed by atoms with Crippen LogP contribution in [-0.2, 0) is 11.3 Å². The van der Waals surface area contributed by atoms with E-state index in [-0.39, 0.29) is 5.91 Å². The highest BCUT2D eigenvalue weighted by Gasteiger charge is 2.53. The molecule has 1 N–H and O–H groups in total. The minimum Gasteiger partial charge on any atom is -0.386 e. The molecule has 0 unspecified atom stereocenters. The quantitative estimate of drug-likeness (QED) is 0.936. The molecule has 2 heterocycles. The first kappa shape index (κ1) is 12.9. The molecular weight excluding hydrogens is 264 g/mol. The Balaban J connectivity index is 1.50. The highest BCUT2D eigenvalue weighted by molar-refractivity contribution is 5.84. The standard InChI is InChI=1S/C17H20N2O2/c1-12-8-13-4-2-3-5-15(13)19(12)9-16(20)18-10-17(21,11-18)14-6-7-14/h2-5,8,14,21H,6-7,9-11H2,1H3. The van der Waals surface area contributed by atoms with Gasteiger partial charge in [-0.05, 0) is 43.2 Å². The van der Waals surface area contributed by atoms with E-state index in [1.165, 1.54) is 5.39 Å². The van der Waals surface area contributed by atoms with Crippen LogP contribution in [0.4, 0.5) is 0 Å². The van der Waals surface area contributed by atoms with Crippen molar-refractivity contribution < 1.29 is 9.90 Å². The highest BCUT2D eigenvalue weighted by Crippen LogP contribution is 2.44. The first-order chi connectivity index (χ1) is 10.1. The smallest absolute Gasteiger partial charge is 0.242 e. The topological polar surface area (TPSA) is 45.5 Å². The van der Waals surface area contributed by atoms with Gasteiger partial charge in [-0.2, -0.15) is 0 Å². The summed E-state index contributed by atoms with van der Waals surface area (Å²) in [6, 6.07) is 10.2. The van der Waals surface area contributed by atoms with E-state index in [4.69, 9.17) is 0 Å². The van der Waals surface area contributed by atoms with Crippen LogP contribution in [-0.4, -0.2) is 39.2 Å². The van der Waals surface area contributed by atoms with Gasteiger partial charge in [-0.15, -0.1) is 0 Å². The molecule has 0 bridgehead atoms. The fourth-order valence-corrected chi connectivity index (χ4v) is 3.46. The number of rotatable bonds is 3. The predicted octanol–water partition coefficient (Wildman–Crippen LogP) is 1.93. The summed E-state index contributed by atoms with van der Waals surface area (Å²) in [4.78, 5) is 14.2. The minimum atomic E-state index is -0.594. The van der Waals surface area contributed by atoms with Gasteiger partial charge < -0.3 is 14.6 Å². The van der Waals surface area contributed by atoms with Crippen LogP contribution in [0.1, 0.15) is 18.5 Å². The van der Waals surface area contributed by atoms with Gasteiger partial charge in [0.25, 0.3) is 0 Å². The summed E-state index contributed by atoms with van der Waals surface area (Å²) >= 11 is 0. The minimum absolute atomic E-state index is 0.102. The van der Waals surface area contributed by atoms with E-state index in [9.17, 15) is 9.90 Å². The van der Waals surface area contributed by atoms with E-state index in [0.29, 0.717) is 25.6 Å². The number of hydrogen-bond donors (Lipinski definition) is 1. The fraction of sp³-hybridized carbons (Fsp3) is 0.471. The fourth-order valence-electron chi connectivity index (χ4n) is 3.46. The predicted molar refractivity (Wildman–Crippen MR) is 80.9 cm³/mol. The number of benzene rings is 1.